The first-order valence-electron chi connectivity index (χ1n) is 5.29. The van der Waals surface area contributed by atoms with Crippen LogP contribution < -0.4 is 10.5 Å². The Morgan fingerprint density at radius 3 is 2.43 bits per heavy atom. The lowest BCUT2D eigenvalue weighted by atomic mass is 10.2. The second-order valence-electron chi connectivity index (χ2n) is 3.63. The number of halogens is 2. The van der Waals surface area contributed by atoms with Gasteiger partial charge in [-0.05, 0) is 12.1 Å². The Morgan fingerprint density at radius 1 is 1.29 bits per heavy atom. The monoisotopic (exact) mass is 356 g/mol. The number of nitrogens with one attached hydrogen (secondary N) is 1. The van der Waals surface area contributed by atoms with Crippen LogP contribution >= 0.6 is 23.2 Å². The number of benzene rings is 1. The summed E-state index contributed by atoms with van der Waals surface area (Å²) < 4.78 is 30.4. The highest BCUT2D eigenvalue weighted by molar-refractivity contribution is 7.89. The molecule has 0 heterocycles. The Balaban J connectivity index is 3.00. The Labute approximate surface area is 129 Å². The van der Waals surface area contributed by atoms with E-state index in [-0.39, 0.29) is 23.2 Å². The van der Waals surface area contributed by atoms with Gasteiger partial charge in [-0.25, -0.2) is 22.7 Å². The Kier molecular flexibility index (Phi) is 5.78. The van der Waals surface area contributed by atoms with Gasteiger partial charge >= 0.3 is 12.1 Å². The zero-order valence-corrected chi connectivity index (χ0v) is 12.6. The van der Waals surface area contributed by atoms with Crippen LogP contribution in [0.5, 0.6) is 0 Å². The van der Waals surface area contributed by atoms with E-state index in [0.29, 0.717) is 0 Å². The van der Waals surface area contributed by atoms with E-state index in [1.807, 2.05) is 0 Å². The zero-order valence-electron chi connectivity index (χ0n) is 10.3. The fraction of sp³-hybridized carbons (Fsp3) is 0.200. The number of primary amides is 1. The Hall–Kier alpha value is -1.55. The molecule has 0 unspecified atom stereocenters. The van der Waals surface area contributed by atoms with Gasteiger partial charge in [0.25, 0.3) is 0 Å². The van der Waals surface area contributed by atoms with Crippen LogP contribution in [-0.2, 0) is 14.8 Å². The van der Waals surface area contributed by atoms with Gasteiger partial charge in [-0.1, -0.05) is 23.2 Å². The third kappa shape index (κ3) is 4.74. The maximum Gasteiger partial charge on any atom is 0.404 e. The van der Waals surface area contributed by atoms with Crippen LogP contribution in [0.15, 0.2) is 17.0 Å². The molecule has 0 aliphatic rings. The van der Waals surface area contributed by atoms with Gasteiger partial charge in [-0.3, -0.25) is 0 Å². The summed E-state index contributed by atoms with van der Waals surface area (Å²) in [5, 5.41) is 8.47. The summed E-state index contributed by atoms with van der Waals surface area (Å²) in [5.41, 5.74) is 4.30. The number of aromatic carboxylic acids is 1. The van der Waals surface area contributed by atoms with E-state index in [2.05, 4.69) is 9.46 Å². The highest BCUT2D eigenvalue weighted by Gasteiger charge is 2.22. The lowest BCUT2D eigenvalue weighted by molar-refractivity contribution is 0.0696. The first-order chi connectivity index (χ1) is 9.65. The van der Waals surface area contributed by atoms with Gasteiger partial charge in [0.05, 0.1) is 15.6 Å². The second-order valence-corrected chi connectivity index (χ2v) is 6.18. The first kappa shape index (κ1) is 17.5. The van der Waals surface area contributed by atoms with Gasteiger partial charge in [0, 0.05) is 6.54 Å². The van der Waals surface area contributed by atoms with Crippen molar-refractivity contribution in [3.8, 4) is 0 Å². The molecule has 0 saturated carbocycles. The summed E-state index contributed by atoms with van der Waals surface area (Å²) in [6.07, 6.45) is -1.05. The van der Waals surface area contributed by atoms with Crippen LogP contribution in [0, 0.1) is 0 Å². The van der Waals surface area contributed by atoms with Crippen molar-refractivity contribution < 1.29 is 27.9 Å². The first-order valence-corrected chi connectivity index (χ1v) is 7.53. The van der Waals surface area contributed by atoms with Crippen LogP contribution in [0.25, 0.3) is 0 Å². The molecule has 0 aliphatic carbocycles. The largest absolute Gasteiger partial charge is 0.478 e. The van der Waals surface area contributed by atoms with Crippen LogP contribution in [0.1, 0.15) is 10.4 Å². The maximum absolute atomic E-state index is 12.0. The molecule has 0 radical (unpaired) electrons. The van der Waals surface area contributed by atoms with E-state index >= 15 is 0 Å². The highest BCUT2D eigenvalue weighted by Crippen LogP contribution is 2.28. The molecule has 1 aromatic rings. The van der Waals surface area contributed by atoms with E-state index in [1.165, 1.54) is 0 Å². The third-order valence-electron chi connectivity index (χ3n) is 2.18. The molecule has 1 rings (SSSR count). The molecule has 0 bridgehead atoms. The van der Waals surface area contributed by atoms with Crippen molar-refractivity contribution in [2.45, 2.75) is 4.90 Å². The molecule has 0 aliphatic heterocycles. The van der Waals surface area contributed by atoms with E-state index in [4.69, 9.17) is 34.0 Å². The SMILES string of the molecule is NC(=O)OCCNS(=O)(=O)c1cc(C(=O)O)c(Cl)cc1Cl. The number of sulfonamides is 1. The van der Waals surface area contributed by atoms with Crippen molar-refractivity contribution in [1.29, 1.82) is 0 Å². The number of hydrogen-bond donors (Lipinski definition) is 3. The molecule has 1 amide bonds. The predicted molar refractivity (Wildman–Crippen MR) is 74.1 cm³/mol. The van der Waals surface area contributed by atoms with Crippen molar-refractivity contribution in [3.05, 3.63) is 27.7 Å². The number of nitrogens with two attached hydrogens (primary N) is 1. The van der Waals surface area contributed by atoms with Crippen molar-refractivity contribution in [3.63, 3.8) is 0 Å². The number of carbonyl (C=O) groups is 2. The molecule has 21 heavy (non-hydrogen) atoms. The van der Waals surface area contributed by atoms with Crippen molar-refractivity contribution >= 4 is 45.3 Å². The number of carboxylic acid groups (broad SMARTS) is 1. The van der Waals surface area contributed by atoms with Gasteiger partial charge < -0.3 is 15.6 Å². The summed E-state index contributed by atoms with van der Waals surface area (Å²) in [4.78, 5) is 20.8. The quantitative estimate of drug-likeness (QED) is 0.652. The van der Waals surface area contributed by atoms with Gasteiger partial charge in [0.1, 0.15) is 11.5 Å². The van der Waals surface area contributed by atoms with Crippen LogP contribution in [0.4, 0.5) is 4.79 Å². The number of amides is 1. The van der Waals surface area contributed by atoms with Crippen molar-refractivity contribution in [1.82, 2.24) is 4.72 Å². The molecule has 8 nitrogen and oxygen atoms in total. The average molecular weight is 357 g/mol. The molecule has 0 fully saturated rings. The fourth-order valence-electron chi connectivity index (χ4n) is 1.30. The number of carbonyl (C=O) groups excluding carboxylic acids is 1. The predicted octanol–water partition coefficient (Wildman–Crippen LogP) is 1.07. The standard InChI is InChI=1S/C10H10Cl2N2O6S/c11-6-4-7(12)8(3-5(6)9(15)16)21(18,19)14-1-2-20-10(13)17/h3-4,14H,1-2H2,(H2,13,17)(H,15,16). The van der Waals surface area contributed by atoms with Gasteiger partial charge in [-0.2, -0.15) is 0 Å². The molecule has 0 saturated heterocycles. The fourth-order valence-corrected chi connectivity index (χ4v) is 3.17. The minimum atomic E-state index is -4.10. The third-order valence-corrected chi connectivity index (χ3v) is 4.42. The number of ether oxygens (including phenoxy) is 1. The molecule has 0 atom stereocenters. The smallest absolute Gasteiger partial charge is 0.404 e. The summed E-state index contributed by atoms with van der Waals surface area (Å²) in [6.45, 7) is -0.543. The van der Waals surface area contributed by atoms with E-state index < -0.39 is 32.5 Å². The number of carboxylic acids is 1. The van der Waals surface area contributed by atoms with Crippen LogP contribution in [0.3, 0.4) is 0 Å². The minimum Gasteiger partial charge on any atom is -0.478 e. The lowest BCUT2D eigenvalue weighted by Gasteiger charge is -2.10. The zero-order chi connectivity index (χ0) is 16.2. The normalized spacial score (nSPS) is 11.1. The van der Waals surface area contributed by atoms with Crippen LogP contribution in [-0.4, -0.2) is 38.7 Å². The van der Waals surface area contributed by atoms with E-state index in [1.54, 1.807) is 0 Å². The van der Waals surface area contributed by atoms with E-state index in [0.717, 1.165) is 12.1 Å². The topological polar surface area (TPSA) is 136 Å². The molecule has 116 valence electrons. The molecule has 11 heteroatoms. The van der Waals surface area contributed by atoms with Gasteiger partial charge in [-0.15, -0.1) is 0 Å². The van der Waals surface area contributed by atoms with Gasteiger partial charge in [0.2, 0.25) is 10.0 Å². The molecular weight excluding hydrogens is 347 g/mol. The molecule has 0 aromatic heterocycles. The molecular formula is C10H10Cl2N2O6S. The highest BCUT2D eigenvalue weighted by atomic mass is 35.5. The van der Waals surface area contributed by atoms with Crippen molar-refractivity contribution in [2.24, 2.45) is 5.73 Å². The maximum atomic E-state index is 12.0. The van der Waals surface area contributed by atoms with Crippen molar-refractivity contribution in [2.75, 3.05) is 13.2 Å². The van der Waals surface area contributed by atoms with Gasteiger partial charge in [0.15, 0.2) is 0 Å². The summed E-state index contributed by atoms with van der Waals surface area (Å²) in [6, 6.07) is 1.85. The second kappa shape index (κ2) is 6.94. The summed E-state index contributed by atoms with van der Waals surface area (Å²) in [7, 11) is -4.10. The molecule has 1 aromatic carbocycles. The number of rotatable bonds is 6. The summed E-state index contributed by atoms with van der Waals surface area (Å²) in [5.74, 6) is -1.40. The Morgan fingerprint density at radius 2 is 1.90 bits per heavy atom. The lowest BCUT2D eigenvalue weighted by Crippen LogP contribution is -2.29. The Bertz CT molecular complexity index is 676. The molecule has 0 spiro atoms. The summed E-state index contributed by atoms with van der Waals surface area (Å²) >= 11 is 11.4. The average Bonchev–Trinajstić information content (AvgIpc) is 2.33. The minimum absolute atomic E-state index is 0.191. The van der Waals surface area contributed by atoms with Crippen LogP contribution in [0.2, 0.25) is 10.0 Å². The number of hydrogen-bond acceptors (Lipinski definition) is 5. The van der Waals surface area contributed by atoms with E-state index in [9.17, 15) is 18.0 Å². The molecule has 4 N–H and O–H groups in total.